The number of halogens is 1. The van der Waals surface area contributed by atoms with Gasteiger partial charge in [-0.15, -0.1) is 0 Å². The van der Waals surface area contributed by atoms with E-state index in [1.54, 1.807) is 18.2 Å². The van der Waals surface area contributed by atoms with Crippen molar-refractivity contribution in [3.8, 4) is 5.75 Å². The number of benzene rings is 3. The molecule has 0 saturated carbocycles. The molecule has 4 heteroatoms. The van der Waals surface area contributed by atoms with E-state index in [0.29, 0.717) is 18.7 Å². The SMILES string of the molecule is OCC[NH2+]Cc1c(OCc2ccccc2F)ccc2ccccc12. The molecule has 0 bridgehead atoms. The van der Waals surface area contributed by atoms with Crippen LogP contribution >= 0.6 is 0 Å². The summed E-state index contributed by atoms with van der Waals surface area (Å²) < 4.78 is 19.7. The lowest BCUT2D eigenvalue weighted by atomic mass is 10.0. The van der Waals surface area contributed by atoms with Crippen molar-refractivity contribution in [2.24, 2.45) is 0 Å². The normalized spacial score (nSPS) is 10.9. The third-order valence-corrected chi connectivity index (χ3v) is 4.02. The zero-order valence-corrected chi connectivity index (χ0v) is 13.4. The predicted molar refractivity (Wildman–Crippen MR) is 92.3 cm³/mol. The molecule has 3 aromatic carbocycles. The Bertz CT molecular complexity index is 820. The number of aliphatic hydroxyl groups is 1. The van der Waals surface area contributed by atoms with E-state index in [4.69, 9.17) is 9.84 Å². The largest absolute Gasteiger partial charge is 0.488 e. The van der Waals surface area contributed by atoms with Crippen molar-refractivity contribution in [3.05, 3.63) is 77.6 Å². The van der Waals surface area contributed by atoms with Crippen LogP contribution in [0.3, 0.4) is 0 Å². The minimum absolute atomic E-state index is 0.135. The second kappa shape index (κ2) is 7.90. The smallest absolute Gasteiger partial charge is 0.129 e. The summed E-state index contributed by atoms with van der Waals surface area (Å²) in [6, 6.07) is 18.7. The molecule has 0 aliphatic carbocycles. The molecule has 0 heterocycles. The van der Waals surface area contributed by atoms with Crippen LogP contribution in [-0.4, -0.2) is 18.3 Å². The summed E-state index contributed by atoms with van der Waals surface area (Å²) in [5.74, 6) is 0.498. The van der Waals surface area contributed by atoms with Crippen LogP contribution in [0.1, 0.15) is 11.1 Å². The number of quaternary nitrogens is 1. The lowest BCUT2D eigenvalue weighted by molar-refractivity contribution is -0.671. The fourth-order valence-corrected chi connectivity index (χ4v) is 2.77. The molecule has 0 fully saturated rings. The van der Waals surface area contributed by atoms with E-state index in [0.717, 1.165) is 22.1 Å². The Morgan fingerprint density at radius 1 is 0.958 bits per heavy atom. The standard InChI is InChI=1S/C20H20FNO2/c21-19-8-4-2-6-16(19)14-24-20-10-9-15-5-1-3-7-17(15)18(20)13-22-11-12-23/h1-10,22-23H,11-14H2/p+1. The zero-order valence-electron chi connectivity index (χ0n) is 13.4. The molecule has 3 aromatic rings. The van der Waals surface area contributed by atoms with Crippen LogP contribution in [0, 0.1) is 5.82 Å². The van der Waals surface area contributed by atoms with Gasteiger partial charge in [0.15, 0.2) is 0 Å². The van der Waals surface area contributed by atoms with Crippen molar-refractivity contribution in [2.45, 2.75) is 13.2 Å². The second-order valence-corrected chi connectivity index (χ2v) is 5.65. The van der Waals surface area contributed by atoms with Gasteiger partial charge in [-0.05, 0) is 22.9 Å². The molecule has 0 aliphatic heterocycles. The Balaban J connectivity index is 1.88. The van der Waals surface area contributed by atoms with Crippen molar-refractivity contribution in [1.82, 2.24) is 0 Å². The van der Waals surface area contributed by atoms with E-state index in [2.05, 4.69) is 12.1 Å². The Kier molecular flexibility index (Phi) is 5.41. The van der Waals surface area contributed by atoms with Gasteiger partial charge < -0.3 is 15.2 Å². The van der Waals surface area contributed by atoms with E-state index in [9.17, 15) is 4.39 Å². The number of ether oxygens (including phenoxy) is 1. The van der Waals surface area contributed by atoms with Gasteiger partial charge in [-0.1, -0.05) is 48.5 Å². The summed E-state index contributed by atoms with van der Waals surface area (Å²) in [7, 11) is 0. The lowest BCUT2D eigenvalue weighted by Crippen LogP contribution is -2.83. The molecule has 0 saturated heterocycles. The number of nitrogens with two attached hydrogens (primary N) is 1. The maximum absolute atomic E-state index is 13.8. The first-order valence-corrected chi connectivity index (χ1v) is 8.09. The molecular formula is C20H21FNO2+. The molecule has 0 amide bonds. The maximum Gasteiger partial charge on any atom is 0.129 e. The minimum atomic E-state index is -0.258. The van der Waals surface area contributed by atoms with E-state index in [-0.39, 0.29) is 19.0 Å². The predicted octanol–water partition coefficient (Wildman–Crippen LogP) is 2.61. The highest BCUT2D eigenvalue weighted by Gasteiger charge is 2.11. The average Bonchev–Trinajstić information content (AvgIpc) is 2.62. The molecule has 0 unspecified atom stereocenters. The monoisotopic (exact) mass is 326 g/mol. The number of hydrogen-bond acceptors (Lipinski definition) is 2. The van der Waals surface area contributed by atoms with E-state index in [1.165, 1.54) is 6.07 Å². The van der Waals surface area contributed by atoms with Gasteiger partial charge in [-0.3, -0.25) is 0 Å². The van der Waals surface area contributed by atoms with Crippen LogP contribution in [0.15, 0.2) is 60.7 Å². The molecule has 0 radical (unpaired) electrons. The molecule has 3 nitrogen and oxygen atoms in total. The van der Waals surface area contributed by atoms with E-state index in [1.807, 2.05) is 29.6 Å². The topological polar surface area (TPSA) is 46.1 Å². The maximum atomic E-state index is 13.8. The van der Waals surface area contributed by atoms with Crippen LogP contribution < -0.4 is 10.1 Å². The highest BCUT2D eigenvalue weighted by molar-refractivity contribution is 5.87. The van der Waals surface area contributed by atoms with Gasteiger partial charge in [0, 0.05) is 5.56 Å². The van der Waals surface area contributed by atoms with Crippen LogP contribution in [0.2, 0.25) is 0 Å². The van der Waals surface area contributed by atoms with E-state index >= 15 is 0 Å². The Hall–Kier alpha value is -2.43. The van der Waals surface area contributed by atoms with Gasteiger partial charge in [-0.2, -0.15) is 0 Å². The molecule has 3 N–H and O–H groups in total. The zero-order chi connectivity index (χ0) is 16.8. The summed E-state index contributed by atoms with van der Waals surface area (Å²) >= 11 is 0. The van der Waals surface area contributed by atoms with Gasteiger partial charge >= 0.3 is 0 Å². The van der Waals surface area contributed by atoms with Crippen LogP contribution in [0.25, 0.3) is 10.8 Å². The number of fused-ring (bicyclic) bond motifs is 1. The Labute approximate surface area is 140 Å². The third kappa shape index (κ3) is 3.72. The third-order valence-electron chi connectivity index (χ3n) is 4.02. The van der Waals surface area contributed by atoms with Crippen molar-refractivity contribution in [1.29, 1.82) is 0 Å². The van der Waals surface area contributed by atoms with Crippen LogP contribution in [0.5, 0.6) is 5.75 Å². The molecule has 0 atom stereocenters. The first kappa shape index (κ1) is 16.4. The van der Waals surface area contributed by atoms with Gasteiger partial charge in [0.2, 0.25) is 0 Å². The summed E-state index contributed by atoms with van der Waals surface area (Å²) in [5.41, 5.74) is 1.61. The van der Waals surface area contributed by atoms with Crippen LogP contribution in [0.4, 0.5) is 4.39 Å². The first-order valence-electron chi connectivity index (χ1n) is 8.09. The molecular weight excluding hydrogens is 305 g/mol. The highest BCUT2D eigenvalue weighted by atomic mass is 19.1. The van der Waals surface area contributed by atoms with Crippen molar-refractivity contribution in [2.75, 3.05) is 13.2 Å². The van der Waals surface area contributed by atoms with Crippen molar-refractivity contribution in [3.63, 3.8) is 0 Å². The van der Waals surface area contributed by atoms with Gasteiger partial charge in [0.1, 0.15) is 24.7 Å². The fourth-order valence-electron chi connectivity index (χ4n) is 2.77. The number of rotatable bonds is 7. The quantitative estimate of drug-likeness (QED) is 0.656. The molecule has 0 aromatic heterocycles. The average molecular weight is 326 g/mol. The summed E-state index contributed by atoms with van der Waals surface area (Å²) in [6.07, 6.45) is 0. The van der Waals surface area contributed by atoms with E-state index < -0.39 is 0 Å². The summed E-state index contributed by atoms with van der Waals surface area (Å²) in [6.45, 7) is 1.67. The Morgan fingerprint density at radius 2 is 1.75 bits per heavy atom. The lowest BCUT2D eigenvalue weighted by Gasteiger charge is -2.14. The van der Waals surface area contributed by atoms with Crippen molar-refractivity contribution >= 4 is 10.8 Å². The van der Waals surface area contributed by atoms with Crippen LogP contribution in [-0.2, 0) is 13.2 Å². The molecule has 0 spiro atoms. The number of aliphatic hydroxyl groups excluding tert-OH is 1. The summed E-state index contributed by atoms with van der Waals surface area (Å²) in [4.78, 5) is 0. The minimum Gasteiger partial charge on any atom is -0.488 e. The van der Waals surface area contributed by atoms with Gasteiger partial charge in [0.05, 0.1) is 18.7 Å². The van der Waals surface area contributed by atoms with Gasteiger partial charge in [-0.25, -0.2) is 4.39 Å². The highest BCUT2D eigenvalue weighted by Crippen LogP contribution is 2.28. The number of hydrogen-bond donors (Lipinski definition) is 2. The molecule has 124 valence electrons. The fraction of sp³-hybridized carbons (Fsp3) is 0.200. The second-order valence-electron chi connectivity index (χ2n) is 5.65. The Morgan fingerprint density at radius 3 is 2.58 bits per heavy atom. The summed E-state index contributed by atoms with van der Waals surface area (Å²) in [5, 5.41) is 13.3. The van der Waals surface area contributed by atoms with Gasteiger partial charge in [0.25, 0.3) is 0 Å². The molecule has 3 rings (SSSR count). The van der Waals surface area contributed by atoms with Crippen molar-refractivity contribution < 1.29 is 19.6 Å². The molecule has 24 heavy (non-hydrogen) atoms. The molecule has 0 aliphatic rings. The first-order chi connectivity index (χ1) is 11.8.